The summed E-state index contributed by atoms with van der Waals surface area (Å²) >= 11 is 0. The highest BCUT2D eigenvalue weighted by atomic mass is 16.5. The van der Waals surface area contributed by atoms with Crippen LogP contribution in [0.3, 0.4) is 0 Å². The van der Waals surface area contributed by atoms with Gasteiger partial charge in [0, 0.05) is 23.2 Å². The maximum absolute atomic E-state index is 14.0. The topological polar surface area (TPSA) is 93.1 Å². The van der Waals surface area contributed by atoms with E-state index in [4.69, 9.17) is 18.9 Å². The summed E-state index contributed by atoms with van der Waals surface area (Å²) in [6.45, 7) is 14.8. The zero-order valence-electron chi connectivity index (χ0n) is 29.5. The fourth-order valence-electron chi connectivity index (χ4n) is 5.97. The van der Waals surface area contributed by atoms with Gasteiger partial charge in [0.2, 0.25) is 0 Å². The summed E-state index contributed by atoms with van der Waals surface area (Å²) in [5.41, 5.74) is 1.53. The van der Waals surface area contributed by atoms with Gasteiger partial charge in [0.05, 0.1) is 39.9 Å². The van der Waals surface area contributed by atoms with Gasteiger partial charge in [0.15, 0.2) is 23.0 Å². The van der Waals surface area contributed by atoms with E-state index in [0.717, 1.165) is 56.2 Å². The van der Waals surface area contributed by atoms with Gasteiger partial charge in [0.1, 0.15) is 0 Å². The van der Waals surface area contributed by atoms with Crippen LogP contribution >= 0.6 is 0 Å². The molecule has 1 unspecified atom stereocenters. The van der Waals surface area contributed by atoms with E-state index in [0.29, 0.717) is 48.1 Å². The lowest BCUT2D eigenvalue weighted by atomic mass is 9.69. The predicted octanol–water partition coefficient (Wildman–Crippen LogP) is 7.57. The molecule has 1 N–H and O–H groups in total. The quantitative estimate of drug-likeness (QED) is 0.161. The molecule has 1 amide bonds. The molecule has 0 bridgehead atoms. The molecular formula is C37H57N3O5. The lowest BCUT2D eigenvalue weighted by Gasteiger charge is -2.36. The van der Waals surface area contributed by atoms with Crippen molar-refractivity contribution in [1.82, 2.24) is 10.2 Å². The van der Waals surface area contributed by atoms with Crippen LogP contribution in [0.2, 0.25) is 0 Å². The number of rotatable bonds is 19. The van der Waals surface area contributed by atoms with E-state index >= 15 is 0 Å². The zero-order chi connectivity index (χ0) is 33.6. The minimum absolute atomic E-state index is 0.0197. The van der Waals surface area contributed by atoms with E-state index in [1.165, 1.54) is 0 Å². The first kappa shape index (κ1) is 37.7. The highest BCUT2D eigenvalue weighted by Gasteiger charge is 2.36. The normalized spacial score (nSPS) is 12.8. The fourth-order valence-corrected chi connectivity index (χ4v) is 5.97. The lowest BCUT2D eigenvalue weighted by molar-refractivity contribution is 0.0575. The van der Waals surface area contributed by atoms with Crippen molar-refractivity contribution >= 4 is 5.91 Å². The highest BCUT2D eigenvalue weighted by molar-refractivity contribution is 5.97. The van der Waals surface area contributed by atoms with Crippen molar-refractivity contribution in [3.63, 3.8) is 0 Å². The number of unbranched alkanes of at least 4 members (excludes halogenated alkanes) is 3. The van der Waals surface area contributed by atoms with Gasteiger partial charge in [-0.05, 0) is 95.3 Å². The van der Waals surface area contributed by atoms with Crippen LogP contribution in [0.5, 0.6) is 23.0 Å². The summed E-state index contributed by atoms with van der Waals surface area (Å²) in [6.07, 6.45) is 6.32. The monoisotopic (exact) mass is 623 g/mol. The maximum atomic E-state index is 14.0. The first-order valence-electron chi connectivity index (χ1n) is 16.4. The largest absolute Gasteiger partial charge is 0.493 e. The molecule has 0 spiro atoms. The van der Waals surface area contributed by atoms with E-state index in [9.17, 15) is 10.1 Å². The van der Waals surface area contributed by atoms with Crippen LogP contribution < -0.4 is 24.3 Å². The van der Waals surface area contributed by atoms with Gasteiger partial charge in [-0.25, -0.2) is 0 Å². The van der Waals surface area contributed by atoms with Crippen LogP contribution in [-0.2, 0) is 11.8 Å². The smallest absolute Gasteiger partial charge is 0.254 e. The molecular weight excluding hydrogens is 566 g/mol. The van der Waals surface area contributed by atoms with Crippen LogP contribution in [0.25, 0.3) is 0 Å². The Morgan fingerprint density at radius 3 is 2.11 bits per heavy atom. The molecule has 0 saturated carbocycles. The molecule has 2 aromatic carbocycles. The molecule has 250 valence electrons. The Balaban J connectivity index is 2.13. The average molecular weight is 624 g/mol. The van der Waals surface area contributed by atoms with Gasteiger partial charge in [-0.1, -0.05) is 46.1 Å². The van der Waals surface area contributed by atoms with Gasteiger partial charge in [-0.3, -0.25) is 4.79 Å². The second kappa shape index (κ2) is 17.9. The van der Waals surface area contributed by atoms with Crippen molar-refractivity contribution in [2.75, 3.05) is 48.1 Å². The minimum atomic E-state index is -0.626. The summed E-state index contributed by atoms with van der Waals surface area (Å²) < 4.78 is 22.3. The summed E-state index contributed by atoms with van der Waals surface area (Å²) in [6, 6.07) is 12.1. The Morgan fingerprint density at radius 2 is 1.56 bits per heavy atom. The minimum Gasteiger partial charge on any atom is -0.493 e. The molecule has 8 heteroatoms. The molecule has 2 rings (SSSR count). The molecule has 8 nitrogen and oxygen atoms in total. The number of nitriles is 1. The van der Waals surface area contributed by atoms with E-state index in [-0.39, 0.29) is 17.4 Å². The summed E-state index contributed by atoms with van der Waals surface area (Å²) in [5, 5.41) is 13.9. The molecule has 0 aliphatic rings. The third-order valence-corrected chi connectivity index (χ3v) is 8.73. The van der Waals surface area contributed by atoms with Crippen LogP contribution in [0.15, 0.2) is 30.3 Å². The van der Waals surface area contributed by atoms with Crippen molar-refractivity contribution in [2.24, 2.45) is 5.92 Å². The number of amides is 1. The molecule has 0 fully saturated rings. The third kappa shape index (κ3) is 9.53. The lowest BCUT2D eigenvalue weighted by Crippen LogP contribution is -2.46. The number of carbonyl (C=O) groups excluding carboxylic acids is 1. The van der Waals surface area contributed by atoms with E-state index < -0.39 is 5.41 Å². The van der Waals surface area contributed by atoms with Gasteiger partial charge >= 0.3 is 0 Å². The maximum Gasteiger partial charge on any atom is 0.254 e. The molecule has 1 atom stereocenters. The molecule has 45 heavy (non-hydrogen) atoms. The van der Waals surface area contributed by atoms with Crippen LogP contribution in [0, 0.1) is 17.2 Å². The second-order valence-corrected chi connectivity index (χ2v) is 12.9. The van der Waals surface area contributed by atoms with E-state index in [2.05, 4.69) is 52.9 Å². The fraction of sp³-hybridized carbons (Fsp3) is 0.622. The van der Waals surface area contributed by atoms with Crippen LogP contribution in [0.1, 0.15) is 102 Å². The number of benzene rings is 2. The molecule has 0 aliphatic carbocycles. The summed E-state index contributed by atoms with van der Waals surface area (Å²) in [4.78, 5) is 16.0. The first-order chi connectivity index (χ1) is 21.4. The van der Waals surface area contributed by atoms with Crippen molar-refractivity contribution < 1.29 is 23.7 Å². The van der Waals surface area contributed by atoms with Crippen LogP contribution in [0.4, 0.5) is 0 Å². The molecule has 2 aromatic rings. The SMILES string of the molecule is CCCCCN(C(=O)c1ccc(OC)c(OC)c1CCNCCCCC(C#N)(c1ccc(OC)c(OC)c1)C(C)C)C(C)(C)C. The Labute approximate surface area is 272 Å². The number of methoxy groups -OCH3 is 4. The highest BCUT2D eigenvalue weighted by Crippen LogP contribution is 2.41. The number of nitrogens with one attached hydrogen (secondary N) is 1. The molecule has 0 radical (unpaired) electrons. The second-order valence-electron chi connectivity index (χ2n) is 12.9. The molecule has 0 saturated heterocycles. The first-order valence-corrected chi connectivity index (χ1v) is 16.4. The standard InChI is InChI=1S/C37H57N3O5/c1-11-12-15-24-40(36(4,5)6)35(41)30-17-19-32(43-8)34(45-10)29(30)20-23-39-22-14-13-21-37(26-38,27(2)3)28-16-18-31(42-7)33(25-28)44-9/h16-19,25,27,39H,11-15,20-24H2,1-10H3. The Kier molecular flexibility index (Phi) is 15.0. The number of ether oxygens (including phenoxy) is 4. The number of nitrogens with zero attached hydrogens (tertiary/aromatic N) is 2. The Morgan fingerprint density at radius 1 is 0.889 bits per heavy atom. The summed E-state index contributed by atoms with van der Waals surface area (Å²) in [7, 11) is 6.47. The van der Waals surface area contributed by atoms with Gasteiger partial charge in [0.25, 0.3) is 5.91 Å². The number of carbonyl (C=O) groups is 1. The molecule has 0 aromatic heterocycles. The number of hydrogen-bond donors (Lipinski definition) is 1. The van der Waals surface area contributed by atoms with Gasteiger partial charge < -0.3 is 29.2 Å². The third-order valence-electron chi connectivity index (χ3n) is 8.73. The average Bonchev–Trinajstić information content (AvgIpc) is 3.02. The van der Waals surface area contributed by atoms with Crippen LogP contribution in [-0.4, -0.2) is 64.4 Å². The van der Waals surface area contributed by atoms with E-state index in [1.54, 1.807) is 28.4 Å². The van der Waals surface area contributed by atoms with Crippen molar-refractivity contribution in [3.8, 4) is 29.1 Å². The summed E-state index contributed by atoms with van der Waals surface area (Å²) in [5.74, 6) is 2.66. The van der Waals surface area contributed by atoms with Crippen molar-refractivity contribution in [3.05, 3.63) is 47.0 Å². The molecule has 0 heterocycles. The van der Waals surface area contributed by atoms with Crippen molar-refractivity contribution in [2.45, 2.75) is 97.4 Å². The van der Waals surface area contributed by atoms with E-state index in [1.807, 2.05) is 35.2 Å². The van der Waals surface area contributed by atoms with Gasteiger partial charge in [-0.2, -0.15) is 5.26 Å². The Hall–Kier alpha value is -3.44. The zero-order valence-corrected chi connectivity index (χ0v) is 29.5. The van der Waals surface area contributed by atoms with Crippen molar-refractivity contribution in [1.29, 1.82) is 5.26 Å². The Bertz CT molecular complexity index is 1260. The molecule has 0 aliphatic heterocycles. The van der Waals surface area contributed by atoms with Gasteiger partial charge in [-0.15, -0.1) is 0 Å². The number of hydrogen-bond acceptors (Lipinski definition) is 7. The predicted molar refractivity (Wildman–Crippen MR) is 182 cm³/mol.